The molecule has 1 saturated heterocycles. The Kier molecular flexibility index (Phi) is 10.4. The minimum Gasteiger partial charge on any atom is -1.00 e. The van der Waals surface area contributed by atoms with E-state index in [2.05, 4.69) is 158 Å². The van der Waals surface area contributed by atoms with E-state index < -0.39 is 16.6 Å². The summed E-state index contributed by atoms with van der Waals surface area (Å²) in [6.07, 6.45) is 18.1. The third kappa shape index (κ3) is 6.04. The van der Waals surface area contributed by atoms with Crippen LogP contribution in [-0.2, 0) is 16.6 Å². The molecule has 62 heavy (non-hydrogen) atoms. The van der Waals surface area contributed by atoms with E-state index >= 15 is 0 Å². The van der Waals surface area contributed by atoms with Gasteiger partial charge in [-0.15, -0.1) is 0 Å². The Bertz CT molecular complexity index is 2800. The zero-order valence-corrected chi connectivity index (χ0v) is 38.4. The van der Waals surface area contributed by atoms with E-state index in [9.17, 15) is 0 Å². The smallest absolute Gasteiger partial charge is 1.00 e. The molecule has 2 atom stereocenters. The van der Waals surface area contributed by atoms with Crippen LogP contribution in [0.4, 0.5) is 0 Å². The van der Waals surface area contributed by atoms with Crippen molar-refractivity contribution < 1.29 is 41.4 Å². The third-order valence-electron chi connectivity index (χ3n) is 16.4. The van der Waals surface area contributed by atoms with Crippen LogP contribution in [0.3, 0.4) is 0 Å². The van der Waals surface area contributed by atoms with E-state index in [-0.39, 0.29) is 24.8 Å². The molecule has 13 rings (SSSR count). The van der Waals surface area contributed by atoms with Crippen LogP contribution in [0.1, 0.15) is 88.5 Å². The molecule has 4 aliphatic carbocycles. The van der Waals surface area contributed by atoms with Crippen LogP contribution in [-0.4, -0.2) is 0 Å². The number of hydrogen-bond donors (Lipinski definition) is 0. The van der Waals surface area contributed by atoms with Crippen molar-refractivity contribution in [1.82, 2.24) is 0 Å². The summed E-state index contributed by atoms with van der Waals surface area (Å²) in [5.74, 6) is 1.44. The Morgan fingerprint density at radius 2 is 0.726 bits per heavy atom. The van der Waals surface area contributed by atoms with Gasteiger partial charge in [0.1, 0.15) is 0 Å². The molecule has 3 fully saturated rings. The van der Waals surface area contributed by atoms with Gasteiger partial charge in [0.15, 0.2) is 0 Å². The Labute approximate surface area is 382 Å². The largest absolute Gasteiger partial charge is 1.00 e. The number of hydrogen-bond acceptors (Lipinski definition) is 0. The van der Waals surface area contributed by atoms with Crippen molar-refractivity contribution >= 4 is 55.2 Å². The van der Waals surface area contributed by atoms with Crippen LogP contribution in [0, 0.1) is 11.8 Å². The second-order valence-corrected chi connectivity index (χ2v) is 26.4. The van der Waals surface area contributed by atoms with Crippen molar-refractivity contribution in [2.24, 2.45) is 11.8 Å². The Hall–Kier alpha value is -4.43. The van der Waals surface area contributed by atoms with Crippen molar-refractivity contribution in [3.8, 4) is 22.3 Å². The molecule has 8 aromatic rings. The average molecular weight is 880 g/mol. The molecule has 0 radical (unpaired) electrons. The third-order valence-corrected chi connectivity index (χ3v) is 26.0. The normalized spacial score (nSPS) is 19.9. The van der Waals surface area contributed by atoms with E-state index in [0.717, 1.165) is 11.8 Å². The number of fused-ring (bicyclic) bond motifs is 6. The minimum absolute atomic E-state index is 0. The summed E-state index contributed by atoms with van der Waals surface area (Å²) >= 11 is -2.81. The standard InChI is InChI=1S/2C28H23.C3H6.2ClH.Ti/c2*1-2-9-19(8-1)23-17-22-12-7-15-26(27(22)18-23)28-24-13-5-3-10-20(24)16-21-11-4-6-14-25(21)28;1-3-2;;;/h2*3-7,10-19H,1-2,8-9H2;1-3H2;2*1H;/q;;;;;+2/p-2. The quantitative estimate of drug-likeness (QED) is 0.115. The minimum atomic E-state index is -2.81. The van der Waals surface area contributed by atoms with Gasteiger partial charge in [0.2, 0.25) is 0 Å². The number of benzene rings is 8. The van der Waals surface area contributed by atoms with E-state index in [1.165, 1.54) is 133 Å². The van der Waals surface area contributed by atoms with Crippen LogP contribution in [0.5, 0.6) is 0 Å². The molecule has 8 aromatic carbocycles. The van der Waals surface area contributed by atoms with E-state index in [4.69, 9.17) is 0 Å². The maximum absolute atomic E-state index is 2.82. The van der Waals surface area contributed by atoms with Gasteiger partial charge in [-0.2, -0.15) is 0 Å². The molecule has 0 bridgehead atoms. The zero-order chi connectivity index (χ0) is 39.4. The SMILES string of the molecule is C1=C(C2CCCC2)[CH]([Ti+2]2([CH]3C(C4CCCC4)=Cc4c(-c5c6ccccc6cc6ccccc56)cccc43)[CH2]C[CH2]2)c2cccc(-c3c4ccccc4cc4ccccc34)c21.[Cl-].[Cl-]. The van der Waals surface area contributed by atoms with Crippen LogP contribution < -0.4 is 24.8 Å². The van der Waals surface area contributed by atoms with Crippen molar-refractivity contribution in [1.29, 1.82) is 0 Å². The number of rotatable bonds is 6. The van der Waals surface area contributed by atoms with Crippen molar-refractivity contribution in [2.75, 3.05) is 0 Å². The molecule has 306 valence electrons. The van der Waals surface area contributed by atoms with E-state index in [1.54, 1.807) is 22.3 Å². The first-order valence-corrected chi connectivity index (χ1v) is 27.3. The molecule has 0 aromatic heterocycles. The number of halogens is 2. The second-order valence-electron chi connectivity index (χ2n) is 19.2. The first-order chi connectivity index (χ1) is 29.7. The van der Waals surface area contributed by atoms with Gasteiger partial charge in [-0.1, -0.05) is 0 Å². The second kappa shape index (κ2) is 16.0. The van der Waals surface area contributed by atoms with Crippen LogP contribution >= 0.6 is 0 Å². The predicted octanol–water partition coefficient (Wildman–Crippen LogP) is 11.0. The van der Waals surface area contributed by atoms with Crippen molar-refractivity contribution in [3.63, 3.8) is 0 Å². The molecule has 1 heterocycles. The summed E-state index contributed by atoms with van der Waals surface area (Å²) in [6, 6.07) is 56.5. The first-order valence-electron chi connectivity index (χ1n) is 23.3. The Morgan fingerprint density at radius 1 is 0.371 bits per heavy atom. The Balaban J connectivity index is 0.00000216. The molecule has 3 heteroatoms. The van der Waals surface area contributed by atoms with Crippen LogP contribution in [0.2, 0.25) is 9.45 Å². The topological polar surface area (TPSA) is 0 Å². The fourth-order valence-corrected chi connectivity index (χ4v) is 23.7. The molecule has 0 nitrogen and oxygen atoms in total. The van der Waals surface area contributed by atoms with Crippen molar-refractivity contribution in [2.45, 2.75) is 75.7 Å². The molecular formula is C59H52Cl2Ti. The van der Waals surface area contributed by atoms with Crippen LogP contribution in [0.25, 0.3) is 77.5 Å². The van der Waals surface area contributed by atoms with Gasteiger partial charge in [-0.25, -0.2) is 0 Å². The van der Waals surface area contributed by atoms with Gasteiger partial charge in [0.25, 0.3) is 0 Å². The fraction of sp³-hybridized carbons (Fsp3) is 0.254. The molecule has 5 aliphatic rings. The van der Waals surface area contributed by atoms with Gasteiger partial charge < -0.3 is 24.8 Å². The molecule has 2 saturated carbocycles. The van der Waals surface area contributed by atoms with E-state index in [0.29, 0.717) is 8.45 Å². The van der Waals surface area contributed by atoms with Crippen molar-refractivity contribution in [3.05, 3.63) is 179 Å². The summed E-state index contributed by atoms with van der Waals surface area (Å²) in [5, 5.41) is 10.9. The summed E-state index contributed by atoms with van der Waals surface area (Å²) in [4.78, 5) is 0. The summed E-state index contributed by atoms with van der Waals surface area (Å²) in [6.45, 7) is 0. The molecule has 0 spiro atoms. The maximum Gasteiger partial charge on any atom is -1.00 e. The average Bonchev–Trinajstić information content (AvgIpc) is 4.12. The van der Waals surface area contributed by atoms with Gasteiger partial charge in [0.05, 0.1) is 0 Å². The monoisotopic (exact) mass is 878 g/mol. The molecule has 1 aliphatic heterocycles. The molecule has 0 amide bonds. The van der Waals surface area contributed by atoms with Crippen LogP contribution in [0.15, 0.2) is 157 Å². The van der Waals surface area contributed by atoms with E-state index in [1.807, 2.05) is 11.1 Å². The molecular weight excluding hydrogens is 827 g/mol. The van der Waals surface area contributed by atoms with Gasteiger partial charge in [-0.05, 0) is 0 Å². The zero-order valence-electron chi connectivity index (χ0n) is 35.4. The summed E-state index contributed by atoms with van der Waals surface area (Å²) < 4.78 is 4.23. The summed E-state index contributed by atoms with van der Waals surface area (Å²) in [5.41, 5.74) is 16.0. The summed E-state index contributed by atoms with van der Waals surface area (Å²) in [7, 11) is 0. The Morgan fingerprint density at radius 3 is 1.06 bits per heavy atom. The maximum atomic E-state index is 2.82. The molecule has 0 N–H and O–H groups in total. The van der Waals surface area contributed by atoms with Gasteiger partial charge in [-0.3, -0.25) is 0 Å². The van der Waals surface area contributed by atoms with Gasteiger partial charge >= 0.3 is 361 Å². The predicted molar refractivity (Wildman–Crippen MR) is 253 cm³/mol. The fourth-order valence-electron chi connectivity index (χ4n) is 13.7. The number of allylic oxidation sites excluding steroid dienone is 2. The molecule has 2 unspecified atom stereocenters. The van der Waals surface area contributed by atoms with Gasteiger partial charge in [0, 0.05) is 0 Å². The first kappa shape index (κ1) is 40.4.